The van der Waals surface area contributed by atoms with E-state index in [0.717, 1.165) is 22.4 Å². The number of benzene rings is 2. The lowest BCUT2D eigenvalue weighted by molar-refractivity contribution is 0.383. The van der Waals surface area contributed by atoms with Crippen LogP contribution in [0.4, 0.5) is 0 Å². The SMILES string of the molecule is COc1ccc(-c2cnoc2-c2cc(C)c(C)c(OC)c2)cc1OS(=O)[O-]. The maximum Gasteiger partial charge on any atom is 0.181 e. The summed E-state index contributed by atoms with van der Waals surface area (Å²) in [6, 6.07) is 8.81. The van der Waals surface area contributed by atoms with Crippen molar-refractivity contribution in [2.45, 2.75) is 13.8 Å². The summed E-state index contributed by atoms with van der Waals surface area (Å²) in [6.45, 7) is 3.97. The number of aromatic nitrogens is 1. The summed E-state index contributed by atoms with van der Waals surface area (Å²) in [4.78, 5) is 0. The maximum absolute atomic E-state index is 10.9. The van der Waals surface area contributed by atoms with Gasteiger partial charge in [0.25, 0.3) is 0 Å². The minimum atomic E-state index is -2.72. The fourth-order valence-corrected chi connectivity index (χ4v) is 3.08. The molecule has 8 heteroatoms. The van der Waals surface area contributed by atoms with Crippen LogP contribution >= 0.6 is 0 Å². The molecule has 0 N–H and O–H groups in total. The van der Waals surface area contributed by atoms with Crippen LogP contribution in [0.2, 0.25) is 0 Å². The van der Waals surface area contributed by atoms with Gasteiger partial charge in [-0.3, -0.25) is 0 Å². The molecule has 1 aromatic heterocycles. The Labute approximate surface area is 159 Å². The normalized spacial score (nSPS) is 11.9. The van der Waals surface area contributed by atoms with Crippen molar-refractivity contribution in [3.05, 3.63) is 47.7 Å². The lowest BCUT2D eigenvalue weighted by Crippen LogP contribution is -2.00. The highest BCUT2D eigenvalue weighted by Gasteiger charge is 2.17. The Balaban J connectivity index is 2.11. The van der Waals surface area contributed by atoms with Crippen LogP contribution in [-0.4, -0.2) is 28.1 Å². The van der Waals surface area contributed by atoms with E-state index in [1.165, 1.54) is 7.11 Å². The van der Waals surface area contributed by atoms with Crippen molar-refractivity contribution in [2.24, 2.45) is 0 Å². The molecular formula is C19H18NO6S-. The third-order valence-electron chi connectivity index (χ3n) is 4.30. The second-order valence-corrected chi connectivity index (χ2v) is 6.42. The van der Waals surface area contributed by atoms with E-state index in [1.807, 2.05) is 26.0 Å². The van der Waals surface area contributed by atoms with Gasteiger partial charge in [-0.1, -0.05) is 11.2 Å². The molecule has 142 valence electrons. The zero-order chi connectivity index (χ0) is 19.6. The molecule has 0 fully saturated rings. The quantitative estimate of drug-likeness (QED) is 0.593. The molecular weight excluding hydrogens is 370 g/mol. The van der Waals surface area contributed by atoms with Gasteiger partial charge in [-0.25, -0.2) is 4.21 Å². The van der Waals surface area contributed by atoms with Crippen LogP contribution in [-0.2, 0) is 11.4 Å². The summed E-state index contributed by atoms with van der Waals surface area (Å²) in [6.07, 6.45) is 1.57. The molecule has 1 heterocycles. The van der Waals surface area contributed by atoms with Crippen LogP contribution in [0, 0.1) is 13.8 Å². The number of rotatable bonds is 6. The van der Waals surface area contributed by atoms with Gasteiger partial charge in [-0.05, 0) is 54.8 Å². The third kappa shape index (κ3) is 3.81. The first-order chi connectivity index (χ1) is 12.9. The summed E-state index contributed by atoms with van der Waals surface area (Å²) >= 11 is -2.72. The predicted molar refractivity (Wildman–Crippen MR) is 99.5 cm³/mol. The second-order valence-electron chi connectivity index (χ2n) is 5.84. The molecule has 27 heavy (non-hydrogen) atoms. The smallest absolute Gasteiger partial charge is 0.181 e. The van der Waals surface area contributed by atoms with E-state index in [-0.39, 0.29) is 5.75 Å². The van der Waals surface area contributed by atoms with E-state index < -0.39 is 11.4 Å². The fourth-order valence-electron chi connectivity index (χ4n) is 2.81. The molecule has 0 aliphatic carbocycles. The highest BCUT2D eigenvalue weighted by atomic mass is 32.2. The number of ether oxygens (including phenoxy) is 2. The van der Waals surface area contributed by atoms with Crippen molar-refractivity contribution < 1.29 is 26.9 Å². The predicted octanol–water partition coefficient (Wildman–Crippen LogP) is 3.82. The van der Waals surface area contributed by atoms with Crippen LogP contribution in [0.3, 0.4) is 0 Å². The second kappa shape index (κ2) is 7.81. The van der Waals surface area contributed by atoms with Gasteiger partial charge < -0.3 is 22.7 Å². The maximum atomic E-state index is 10.9. The number of nitrogens with zero attached hydrogens (tertiary/aromatic N) is 1. The molecule has 0 amide bonds. The summed E-state index contributed by atoms with van der Waals surface area (Å²) in [7, 11) is 3.05. The Morgan fingerprint density at radius 3 is 2.37 bits per heavy atom. The number of hydrogen-bond acceptors (Lipinski definition) is 7. The lowest BCUT2D eigenvalue weighted by atomic mass is 9.98. The van der Waals surface area contributed by atoms with Gasteiger partial charge in [-0.2, -0.15) is 0 Å². The van der Waals surface area contributed by atoms with Crippen LogP contribution in [0.5, 0.6) is 17.2 Å². The van der Waals surface area contributed by atoms with E-state index in [0.29, 0.717) is 22.6 Å². The minimum Gasteiger partial charge on any atom is -0.740 e. The fraction of sp³-hybridized carbons (Fsp3) is 0.211. The molecule has 0 aliphatic heterocycles. The van der Waals surface area contributed by atoms with Gasteiger partial charge in [0.2, 0.25) is 0 Å². The molecule has 0 aliphatic rings. The van der Waals surface area contributed by atoms with Crippen molar-refractivity contribution in [3.63, 3.8) is 0 Å². The zero-order valence-corrected chi connectivity index (χ0v) is 16.1. The molecule has 2 aromatic carbocycles. The summed E-state index contributed by atoms with van der Waals surface area (Å²) in [5.74, 6) is 1.66. The van der Waals surface area contributed by atoms with Crippen LogP contribution in [0.1, 0.15) is 11.1 Å². The molecule has 7 nitrogen and oxygen atoms in total. The first kappa shape index (κ1) is 18.9. The molecule has 0 radical (unpaired) electrons. The molecule has 3 aromatic rings. The Kier molecular flexibility index (Phi) is 5.48. The Morgan fingerprint density at radius 2 is 1.70 bits per heavy atom. The van der Waals surface area contributed by atoms with Crippen molar-refractivity contribution in [2.75, 3.05) is 14.2 Å². The highest BCUT2D eigenvalue weighted by Crippen LogP contribution is 2.39. The van der Waals surface area contributed by atoms with E-state index in [9.17, 15) is 8.76 Å². The van der Waals surface area contributed by atoms with E-state index >= 15 is 0 Å². The molecule has 3 rings (SSSR count). The molecule has 0 saturated heterocycles. The van der Waals surface area contributed by atoms with Crippen molar-refractivity contribution in [1.82, 2.24) is 5.16 Å². The zero-order valence-electron chi connectivity index (χ0n) is 15.3. The van der Waals surface area contributed by atoms with E-state index in [4.69, 9.17) is 18.2 Å². The largest absolute Gasteiger partial charge is 0.740 e. The van der Waals surface area contributed by atoms with Gasteiger partial charge in [0.05, 0.1) is 20.4 Å². The topological polar surface area (TPSA) is 93.9 Å². The number of aryl methyl sites for hydroxylation is 1. The average Bonchev–Trinajstić information content (AvgIpc) is 3.13. The molecule has 0 bridgehead atoms. The summed E-state index contributed by atoms with van der Waals surface area (Å²) in [5, 5.41) is 3.91. The van der Waals surface area contributed by atoms with Crippen molar-refractivity contribution in [3.8, 4) is 39.7 Å². The van der Waals surface area contributed by atoms with Gasteiger partial charge in [0.15, 0.2) is 17.3 Å². The van der Waals surface area contributed by atoms with Gasteiger partial charge in [0.1, 0.15) is 17.1 Å². The summed E-state index contributed by atoms with van der Waals surface area (Å²) in [5.41, 5.74) is 4.25. The molecule has 0 saturated carbocycles. The number of methoxy groups -OCH3 is 2. The van der Waals surface area contributed by atoms with Crippen molar-refractivity contribution in [1.29, 1.82) is 0 Å². The Morgan fingerprint density at radius 1 is 1.00 bits per heavy atom. The van der Waals surface area contributed by atoms with E-state index in [2.05, 4.69) is 5.16 Å². The summed E-state index contributed by atoms with van der Waals surface area (Å²) < 4.78 is 42.7. The Hall–Kier alpha value is -2.84. The average molecular weight is 388 g/mol. The minimum absolute atomic E-state index is 0.0770. The standard InChI is InChI=1S/C19H19NO6S/c1-11-7-14(9-17(24-4)12(11)2)19-15(10-20-25-19)13-5-6-16(23-3)18(8-13)26-27(21)22/h5-10H,1-4H3,(H,21,22)/p-1. The molecule has 1 atom stereocenters. The third-order valence-corrected chi connectivity index (χ3v) is 4.62. The van der Waals surface area contributed by atoms with Crippen molar-refractivity contribution >= 4 is 11.4 Å². The van der Waals surface area contributed by atoms with Crippen LogP contribution < -0.4 is 13.7 Å². The van der Waals surface area contributed by atoms with Crippen LogP contribution in [0.25, 0.3) is 22.5 Å². The highest BCUT2D eigenvalue weighted by molar-refractivity contribution is 7.74. The van der Waals surface area contributed by atoms with Crippen LogP contribution in [0.15, 0.2) is 41.1 Å². The lowest BCUT2D eigenvalue weighted by Gasteiger charge is -2.13. The Bertz CT molecular complexity index is 998. The van der Waals surface area contributed by atoms with Gasteiger partial charge in [0, 0.05) is 11.1 Å². The van der Waals surface area contributed by atoms with Gasteiger partial charge in [-0.15, -0.1) is 0 Å². The molecule has 1 unspecified atom stereocenters. The first-order valence-electron chi connectivity index (χ1n) is 8.01. The van der Waals surface area contributed by atoms with Gasteiger partial charge >= 0.3 is 0 Å². The number of hydrogen-bond donors (Lipinski definition) is 0. The van der Waals surface area contributed by atoms with E-state index in [1.54, 1.807) is 31.5 Å². The molecule has 0 spiro atoms. The first-order valence-corrected chi connectivity index (χ1v) is 9.01. The monoisotopic (exact) mass is 388 g/mol.